The van der Waals surface area contributed by atoms with Gasteiger partial charge in [-0.25, -0.2) is 0 Å². The highest BCUT2D eigenvalue weighted by molar-refractivity contribution is 7.79. The minimum absolute atomic E-state index is 0.428. The van der Waals surface area contributed by atoms with Crippen LogP contribution >= 0.6 is 47.0 Å². The predicted octanol–water partition coefficient (Wildman–Crippen LogP) is 3.87. The summed E-state index contributed by atoms with van der Waals surface area (Å²) in [4.78, 5) is 0. The van der Waals surface area contributed by atoms with Gasteiger partial charge in [-0.2, -0.15) is 0 Å². The number of rotatable bonds is 1. The molecular formula is C7H2Cl3S. The summed E-state index contributed by atoms with van der Waals surface area (Å²) in [5, 5.41) is 3.80. The van der Waals surface area contributed by atoms with Crippen LogP contribution < -0.4 is 0 Å². The molecule has 0 amide bonds. The van der Waals surface area contributed by atoms with Gasteiger partial charge in [0.1, 0.15) is 0 Å². The molecule has 1 rings (SSSR count). The maximum atomic E-state index is 5.74. The Morgan fingerprint density at radius 3 is 1.91 bits per heavy atom. The summed E-state index contributed by atoms with van der Waals surface area (Å²) in [5.41, 5.74) is 0.521. The first-order valence-corrected chi connectivity index (χ1v) is 4.22. The van der Waals surface area contributed by atoms with E-state index in [1.54, 1.807) is 12.1 Å². The molecule has 0 N–H and O–H groups in total. The third kappa shape index (κ3) is 2.06. The number of halogens is 3. The zero-order chi connectivity index (χ0) is 8.43. The van der Waals surface area contributed by atoms with E-state index in [1.807, 2.05) is 0 Å². The highest BCUT2D eigenvalue weighted by Gasteiger charge is 2.04. The van der Waals surface area contributed by atoms with Crippen LogP contribution in [-0.2, 0) is 0 Å². The van der Waals surface area contributed by atoms with Crippen molar-refractivity contribution >= 4 is 52.4 Å². The zero-order valence-electron chi connectivity index (χ0n) is 5.20. The van der Waals surface area contributed by atoms with Crippen molar-refractivity contribution in [1.29, 1.82) is 0 Å². The molecule has 0 unspecified atom stereocenters. The molecule has 0 atom stereocenters. The van der Waals surface area contributed by atoms with Gasteiger partial charge in [0, 0.05) is 10.6 Å². The van der Waals surface area contributed by atoms with Crippen molar-refractivity contribution in [1.82, 2.24) is 0 Å². The Labute approximate surface area is 85.1 Å². The van der Waals surface area contributed by atoms with Crippen molar-refractivity contribution in [2.24, 2.45) is 0 Å². The van der Waals surface area contributed by atoms with E-state index in [1.165, 1.54) is 0 Å². The van der Waals surface area contributed by atoms with E-state index in [0.717, 1.165) is 0 Å². The van der Waals surface area contributed by atoms with Gasteiger partial charge >= 0.3 is 0 Å². The molecule has 0 bridgehead atoms. The predicted molar refractivity (Wildman–Crippen MR) is 53.2 cm³/mol. The fourth-order valence-electron chi connectivity index (χ4n) is 0.640. The molecular weight excluding hydrogens is 223 g/mol. The molecule has 57 valence electrons. The summed E-state index contributed by atoms with van der Waals surface area (Å²) in [6.45, 7) is 0. The van der Waals surface area contributed by atoms with E-state index in [4.69, 9.17) is 34.8 Å². The molecule has 4 heteroatoms. The summed E-state index contributed by atoms with van der Waals surface area (Å²) in [7, 11) is 0. The van der Waals surface area contributed by atoms with Crippen molar-refractivity contribution in [2.75, 3.05) is 0 Å². The third-order valence-corrected chi connectivity index (χ3v) is 2.13. The van der Waals surface area contributed by atoms with Crippen molar-refractivity contribution in [3.63, 3.8) is 0 Å². The van der Waals surface area contributed by atoms with Crippen LogP contribution in [-0.4, -0.2) is 5.37 Å². The normalized spacial score (nSPS) is 9.73. The number of hydrogen-bond donors (Lipinski definition) is 0. The average Bonchev–Trinajstić information content (AvgIpc) is 1.85. The summed E-state index contributed by atoms with van der Waals surface area (Å²) in [6.07, 6.45) is 0. The van der Waals surface area contributed by atoms with Crippen LogP contribution in [0.1, 0.15) is 5.56 Å². The fraction of sp³-hybridized carbons (Fsp3) is 0. The molecule has 0 spiro atoms. The lowest BCUT2D eigenvalue weighted by Gasteiger charge is -1.99. The van der Waals surface area contributed by atoms with E-state index in [9.17, 15) is 0 Å². The highest BCUT2D eigenvalue weighted by Crippen LogP contribution is 2.27. The molecule has 0 aromatic heterocycles. The van der Waals surface area contributed by atoms with Crippen molar-refractivity contribution in [3.05, 3.63) is 32.8 Å². The van der Waals surface area contributed by atoms with Gasteiger partial charge in [0.15, 0.2) is 0 Å². The van der Waals surface area contributed by atoms with Crippen molar-refractivity contribution in [3.8, 4) is 0 Å². The third-order valence-electron chi connectivity index (χ3n) is 1.11. The Hall–Kier alpha value is 0.180. The zero-order valence-corrected chi connectivity index (χ0v) is 8.28. The van der Waals surface area contributed by atoms with Gasteiger partial charge in [-0.05, 0) is 12.1 Å². The van der Waals surface area contributed by atoms with Gasteiger partial charge in [-0.1, -0.05) is 47.0 Å². The Balaban J connectivity index is 3.36. The number of thiocarbonyl (C=S) groups is 1. The van der Waals surface area contributed by atoms with E-state index in [2.05, 4.69) is 17.6 Å². The monoisotopic (exact) mass is 223 g/mol. The second-order valence-electron chi connectivity index (χ2n) is 1.85. The Kier molecular flexibility index (Phi) is 3.14. The van der Waals surface area contributed by atoms with Gasteiger partial charge in [0.25, 0.3) is 0 Å². The largest absolute Gasteiger partial charge is 0.0842 e. The summed E-state index contributed by atoms with van der Waals surface area (Å²) in [5.74, 6) is 0. The van der Waals surface area contributed by atoms with Crippen molar-refractivity contribution in [2.45, 2.75) is 0 Å². The SMILES string of the molecule is S=[C]c1c(Cl)cc(Cl)cc1Cl. The van der Waals surface area contributed by atoms with E-state index >= 15 is 0 Å². The molecule has 11 heavy (non-hydrogen) atoms. The first-order chi connectivity index (χ1) is 5.15. The molecule has 1 aromatic carbocycles. The smallest absolute Gasteiger partial charge is 0.0667 e. The lowest BCUT2D eigenvalue weighted by Crippen LogP contribution is -1.82. The molecule has 1 radical (unpaired) electrons. The van der Waals surface area contributed by atoms with Gasteiger partial charge < -0.3 is 0 Å². The van der Waals surface area contributed by atoms with E-state index in [-0.39, 0.29) is 0 Å². The van der Waals surface area contributed by atoms with E-state index in [0.29, 0.717) is 20.6 Å². The Morgan fingerprint density at radius 2 is 1.55 bits per heavy atom. The molecule has 0 aliphatic heterocycles. The van der Waals surface area contributed by atoms with Crippen LogP contribution in [0.4, 0.5) is 0 Å². The second kappa shape index (κ2) is 3.72. The fourth-order valence-corrected chi connectivity index (χ4v) is 1.88. The Morgan fingerprint density at radius 1 is 1.09 bits per heavy atom. The minimum Gasteiger partial charge on any atom is -0.0842 e. The van der Waals surface area contributed by atoms with Crippen LogP contribution in [0.3, 0.4) is 0 Å². The number of hydrogen-bond acceptors (Lipinski definition) is 1. The molecule has 0 saturated carbocycles. The molecule has 0 aliphatic carbocycles. The van der Waals surface area contributed by atoms with Crippen LogP contribution in [0.5, 0.6) is 0 Å². The van der Waals surface area contributed by atoms with Gasteiger partial charge in [0.05, 0.1) is 15.4 Å². The second-order valence-corrected chi connectivity index (χ2v) is 3.30. The van der Waals surface area contributed by atoms with E-state index < -0.39 is 0 Å². The van der Waals surface area contributed by atoms with Gasteiger partial charge in [-0.15, -0.1) is 0 Å². The molecule has 0 fully saturated rings. The molecule has 0 aliphatic rings. The molecule has 0 saturated heterocycles. The first-order valence-electron chi connectivity index (χ1n) is 2.68. The lowest BCUT2D eigenvalue weighted by atomic mass is 10.2. The number of benzene rings is 1. The summed E-state index contributed by atoms with van der Waals surface area (Å²) >= 11 is 21.7. The minimum atomic E-state index is 0.428. The standard InChI is InChI=1S/C7H2Cl3S/c8-4-1-6(9)5(3-11)7(10)2-4/h1-2H. The molecule has 1 aromatic rings. The maximum absolute atomic E-state index is 5.74. The van der Waals surface area contributed by atoms with Crippen LogP contribution in [0, 0.1) is 0 Å². The summed E-state index contributed by atoms with van der Waals surface area (Å²) in [6, 6.07) is 3.15. The quantitative estimate of drug-likeness (QED) is 0.653. The average molecular weight is 225 g/mol. The Bertz CT molecular complexity index is 273. The first kappa shape index (κ1) is 9.27. The van der Waals surface area contributed by atoms with Crippen molar-refractivity contribution < 1.29 is 0 Å². The van der Waals surface area contributed by atoms with Crippen LogP contribution in [0.25, 0.3) is 0 Å². The summed E-state index contributed by atoms with van der Waals surface area (Å²) < 4.78 is 0. The van der Waals surface area contributed by atoms with Gasteiger partial charge in [-0.3, -0.25) is 0 Å². The van der Waals surface area contributed by atoms with Crippen LogP contribution in [0.2, 0.25) is 15.1 Å². The lowest BCUT2D eigenvalue weighted by molar-refractivity contribution is 1.68. The van der Waals surface area contributed by atoms with Crippen LogP contribution in [0.15, 0.2) is 12.1 Å². The van der Waals surface area contributed by atoms with Gasteiger partial charge in [0.2, 0.25) is 0 Å². The highest BCUT2D eigenvalue weighted by atomic mass is 35.5. The maximum Gasteiger partial charge on any atom is 0.0667 e. The topological polar surface area (TPSA) is 0 Å². The molecule has 0 nitrogen and oxygen atoms in total. The molecule has 0 heterocycles.